The van der Waals surface area contributed by atoms with Crippen molar-refractivity contribution in [1.82, 2.24) is 5.32 Å². The van der Waals surface area contributed by atoms with Gasteiger partial charge in [0.05, 0.1) is 5.60 Å². The van der Waals surface area contributed by atoms with E-state index in [1.54, 1.807) is 0 Å². The minimum absolute atomic E-state index is 0.0502. The van der Waals surface area contributed by atoms with E-state index in [1.807, 2.05) is 0 Å². The molecule has 1 N–H and O–H groups in total. The minimum atomic E-state index is -0.0502. The summed E-state index contributed by atoms with van der Waals surface area (Å²) in [6.45, 7) is 12.8. The average molecular weight is 253 g/mol. The first-order valence-corrected chi connectivity index (χ1v) is 7.79. The van der Waals surface area contributed by atoms with E-state index in [0.717, 1.165) is 38.1 Å². The van der Waals surface area contributed by atoms with Crippen molar-refractivity contribution in [2.75, 3.05) is 6.54 Å². The highest BCUT2D eigenvalue weighted by atomic mass is 16.5. The Labute approximate surface area is 113 Å². The minimum Gasteiger partial charge on any atom is -0.354 e. The lowest BCUT2D eigenvalue weighted by Gasteiger charge is -2.55. The molecule has 1 spiro atoms. The van der Waals surface area contributed by atoms with E-state index >= 15 is 0 Å². The molecule has 0 aromatic heterocycles. The fraction of sp³-hybridized carbons (Fsp3) is 1.00. The molecule has 1 heterocycles. The summed E-state index contributed by atoms with van der Waals surface area (Å²) in [7, 11) is 0. The number of hydrogen-bond acceptors (Lipinski definition) is 2. The quantitative estimate of drug-likeness (QED) is 0.800. The summed E-state index contributed by atoms with van der Waals surface area (Å²) < 4.78 is 6.70. The van der Waals surface area contributed by atoms with Crippen molar-refractivity contribution in [2.45, 2.75) is 84.5 Å². The number of hydrogen-bond donors (Lipinski definition) is 1. The SMILES string of the molecule is CCC1(CC)CCNC2(CC(C)CC(C)(C)C2)O1. The van der Waals surface area contributed by atoms with Gasteiger partial charge in [0, 0.05) is 6.54 Å². The number of rotatable bonds is 2. The van der Waals surface area contributed by atoms with Crippen LogP contribution in [0.15, 0.2) is 0 Å². The zero-order valence-corrected chi connectivity index (χ0v) is 12.9. The van der Waals surface area contributed by atoms with Gasteiger partial charge in [-0.25, -0.2) is 0 Å². The predicted molar refractivity (Wildman–Crippen MR) is 76.5 cm³/mol. The Kier molecular flexibility index (Phi) is 3.81. The molecule has 2 atom stereocenters. The summed E-state index contributed by atoms with van der Waals surface area (Å²) in [5.74, 6) is 0.755. The molecule has 0 amide bonds. The van der Waals surface area contributed by atoms with Crippen molar-refractivity contribution in [3.05, 3.63) is 0 Å². The first-order chi connectivity index (χ1) is 8.34. The molecule has 0 aromatic carbocycles. The molecule has 2 unspecified atom stereocenters. The highest BCUT2D eigenvalue weighted by Crippen LogP contribution is 2.48. The van der Waals surface area contributed by atoms with Crippen molar-refractivity contribution >= 4 is 0 Å². The molecule has 1 aliphatic heterocycles. The van der Waals surface area contributed by atoms with Crippen LogP contribution in [-0.4, -0.2) is 17.9 Å². The van der Waals surface area contributed by atoms with Gasteiger partial charge in [0.15, 0.2) is 0 Å². The first-order valence-electron chi connectivity index (χ1n) is 7.79. The van der Waals surface area contributed by atoms with Gasteiger partial charge in [-0.1, -0.05) is 34.6 Å². The Morgan fingerprint density at radius 1 is 1.17 bits per heavy atom. The maximum absolute atomic E-state index is 6.70. The van der Waals surface area contributed by atoms with Gasteiger partial charge in [0.2, 0.25) is 0 Å². The van der Waals surface area contributed by atoms with E-state index in [-0.39, 0.29) is 11.3 Å². The lowest BCUT2D eigenvalue weighted by atomic mass is 9.68. The molecule has 2 fully saturated rings. The molecular weight excluding hydrogens is 222 g/mol. The topological polar surface area (TPSA) is 21.3 Å². The molecule has 0 bridgehead atoms. The van der Waals surface area contributed by atoms with Crippen LogP contribution >= 0.6 is 0 Å². The van der Waals surface area contributed by atoms with Gasteiger partial charge in [0.25, 0.3) is 0 Å². The van der Waals surface area contributed by atoms with Gasteiger partial charge < -0.3 is 4.74 Å². The Morgan fingerprint density at radius 2 is 1.83 bits per heavy atom. The first kappa shape index (κ1) is 14.3. The summed E-state index contributed by atoms with van der Waals surface area (Å²) in [6.07, 6.45) is 7.11. The van der Waals surface area contributed by atoms with Crippen molar-refractivity contribution in [3.63, 3.8) is 0 Å². The van der Waals surface area contributed by atoms with E-state index in [4.69, 9.17) is 4.74 Å². The summed E-state index contributed by atoms with van der Waals surface area (Å²) >= 11 is 0. The number of nitrogens with one attached hydrogen (secondary N) is 1. The zero-order chi connectivity index (χ0) is 13.4. The standard InChI is InChI=1S/C16H31NO/c1-6-15(7-2)8-9-17-16(18-15)11-13(3)10-14(4,5)12-16/h13,17H,6-12H2,1-5H3. The third-order valence-electron chi connectivity index (χ3n) is 5.07. The van der Waals surface area contributed by atoms with Gasteiger partial charge in [-0.15, -0.1) is 0 Å². The van der Waals surface area contributed by atoms with Gasteiger partial charge in [-0.3, -0.25) is 5.32 Å². The molecule has 0 aromatic rings. The lowest BCUT2D eigenvalue weighted by Crippen LogP contribution is -2.63. The second-order valence-corrected chi connectivity index (χ2v) is 7.52. The molecular formula is C16H31NO. The largest absolute Gasteiger partial charge is 0.354 e. The van der Waals surface area contributed by atoms with Crippen LogP contribution in [0, 0.1) is 11.3 Å². The van der Waals surface area contributed by atoms with Gasteiger partial charge in [-0.2, -0.15) is 0 Å². The van der Waals surface area contributed by atoms with Crippen LogP contribution in [0.3, 0.4) is 0 Å². The van der Waals surface area contributed by atoms with Crippen molar-refractivity contribution < 1.29 is 4.74 Å². The monoisotopic (exact) mass is 253 g/mol. The van der Waals surface area contributed by atoms with Gasteiger partial charge >= 0.3 is 0 Å². The molecule has 1 saturated carbocycles. The van der Waals surface area contributed by atoms with E-state index in [0.29, 0.717) is 5.41 Å². The average Bonchev–Trinajstić information content (AvgIpc) is 2.25. The van der Waals surface area contributed by atoms with Crippen molar-refractivity contribution in [2.24, 2.45) is 11.3 Å². The van der Waals surface area contributed by atoms with E-state index in [1.165, 1.54) is 12.8 Å². The van der Waals surface area contributed by atoms with Crippen LogP contribution < -0.4 is 5.32 Å². The lowest BCUT2D eigenvalue weighted by molar-refractivity contribution is -0.235. The molecule has 2 rings (SSSR count). The van der Waals surface area contributed by atoms with Crippen LogP contribution in [0.25, 0.3) is 0 Å². The van der Waals surface area contributed by atoms with Gasteiger partial charge in [-0.05, 0) is 49.9 Å². The molecule has 1 saturated heterocycles. The van der Waals surface area contributed by atoms with E-state index < -0.39 is 0 Å². The maximum atomic E-state index is 6.70. The normalized spacial score (nSPS) is 38.8. The Bertz CT molecular complexity index is 295. The smallest absolute Gasteiger partial charge is 0.120 e. The Balaban J connectivity index is 2.19. The highest BCUT2D eigenvalue weighted by Gasteiger charge is 2.49. The Morgan fingerprint density at radius 3 is 2.39 bits per heavy atom. The third-order valence-corrected chi connectivity index (χ3v) is 5.07. The summed E-state index contributed by atoms with van der Waals surface area (Å²) in [5, 5.41) is 3.72. The second-order valence-electron chi connectivity index (χ2n) is 7.52. The molecule has 1 aliphatic carbocycles. The fourth-order valence-electron chi connectivity index (χ4n) is 4.48. The Hall–Kier alpha value is -0.0800. The molecule has 2 aliphatic rings. The van der Waals surface area contributed by atoms with Gasteiger partial charge in [0.1, 0.15) is 5.72 Å². The third kappa shape index (κ3) is 2.75. The predicted octanol–water partition coefficient (Wildman–Crippen LogP) is 4.10. The van der Waals surface area contributed by atoms with Crippen molar-refractivity contribution in [1.29, 1.82) is 0 Å². The summed E-state index contributed by atoms with van der Waals surface area (Å²) in [6, 6.07) is 0. The van der Waals surface area contributed by atoms with Crippen LogP contribution in [0.5, 0.6) is 0 Å². The van der Waals surface area contributed by atoms with Crippen molar-refractivity contribution in [3.8, 4) is 0 Å². The summed E-state index contributed by atoms with van der Waals surface area (Å²) in [4.78, 5) is 0. The van der Waals surface area contributed by atoms with E-state index in [9.17, 15) is 0 Å². The zero-order valence-electron chi connectivity index (χ0n) is 12.9. The molecule has 106 valence electrons. The highest BCUT2D eigenvalue weighted by molar-refractivity contribution is 4.98. The van der Waals surface area contributed by atoms with Crippen LogP contribution in [0.2, 0.25) is 0 Å². The van der Waals surface area contributed by atoms with Crippen LogP contribution in [0.1, 0.15) is 73.1 Å². The van der Waals surface area contributed by atoms with Crippen LogP contribution in [-0.2, 0) is 4.74 Å². The molecule has 18 heavy (non-hydrogen) atoms. The molecule has 2 heteroatoms. The summed E-state index contributed by atoms with van der Waals surface area (Å²) in [5.41, 5.74) is 0.471. The fourth-order valence-corrected chi connectivity index (χ4v) is 4.48. The van der Waals surface area contributed by atoms with Crippen LogP contribution in [0.4, 0.5) is 0 Å². The number of ether oxygens (including phenoxy) is 1. The molecule has 0 radical (unpaired) electrons. The molecule has 2 nitrogen and oxygen atoms in total. The maximum Gasteiger partial charge on any atom is 0.120 e. The second kappa shape index (κ2) is 4.79. The van der Waals surface area contributed by atoms with E-state index in [2.05, 4.69) is 39.9 Å².